The van der Waals surface area contributed by atoms with Crippen molar-refractivity contribution in [2.24, 2.45) is 0 Å². The van der Waals surface area contributed by atoms with Gasteiger partial charge in [0.25, 0.3) is 0 Å². The van der Waals surface area contributed by atoms with Gasteiger partial charge in [0.2, 0.25) is 0 Å². The zero-order chi connectivity index (χ0) is 11.5. The van der Waals surface area contributed by atoms with Crippen molar-refractivity contribution >= 4 is 0 Å². The molecule has 1 aromatic carbocycles. The molecule has 2 rings (SSSR count). The fraction of sp³-hybridized carbons (Fsp3) is 0.385. The lowest BCUT2D eigenvalue weighted by atomic mass is 10.0. The normalized spacial score (nSPS) is 19.9. The Labute approximate surface area is 95.6 Å². The van der Waals surface area contributed by atoms with Crippen LogP contribution in [-0.4, -0.2) is 20.8 Å². The van der Waals surface area contributed by atoms with Crippen LogP contribution in [-0.2, 0) is 4.74 Å². The van der Waals surface area contributed by atoms with Crippen LogP contribution >= 0.6 is 0 Å². The van der Waals surface area contributed by atoms with Crippen LogP contribution in [0.5, 0.6) is 11.5 Å². The van der Waals surface area contributed by atoms with Crippen molar-refractivity contribution in [1.29, 1.82) is 0 Å². The molecule has 0 aliphatic carbocycles. The first-order valence-corrected chi connectivity index (χ1v) is 5.27. The minimum absolute atomic E-state index is 0.000180. The van der Waals surface area contributed by atoms with Gasteiger partial charge in [0, 0.05) is 0 Å². The van der Waals surface area contributed by atoms with Gasteiger partial charge in [-0.1, -0.05) is 12.6 Å². The number of methoxy groups -OCH3 is 2. The highest BCUT2D eigenvalue weighted by molar-refractivity contribution is 5.45. The number of benzene rings is 1. The molecule has 1 aliphatic heterocycles. The molecule has 1 fully saturated rings. The van der Waals surface area contributed by atoms with Crippen LogP contribution in [0, 0.1) is 0 Å². The first kappa shape index (κ1) is 11.0. The van der Waals surface area contributed by atoms with Gasteiger partial charge in [-0.25, -0.2) is 0 Å². The van der Waals surface area contributed by atoms with E-state index in [1.54, 1.807) is 14.2 Å². The van der Waals surface area contributed by atoms with Crippen molar-refractivity contribution in [2.75, 3.05) is 20.8 Å². The monoisotopic (exact) mass is 220 g/mol. The van der Waals surface area contributed by atoms with Crippen molar-refractivity contribution in [1.82, 2.24) is 0 Å². The summed E-state index contributed by atoms with van der Waals surface area (Å²) in [6.45, 7) is 4.76. The van der Waals surface area contributed by atoms with Crippen LogP contribution in [0.4, 0.5) is 0 Å². The summed E-state index contributed by atoms with van der Waals surface area (Å²) in [5.74, 6) is 1.46. The van der Waals surface area contributed by atoms with E-state index in [2.05, 4.69) is 6.58 Å². The highest BCUT2D eigenvalue weighted by Gasteiger charge is 2.22. The molecule has 16 heavy (non-hydrogen) atoms. The second-order valence-corrected chi connectivity index (χ2v) is 3.77. The van der Waals surface area contributed by atoms with Crippen molar-refractivity contribution in [3.8, 4) is 11.5 Å². The van der Waals surface area contributed by atoms with Crippen LogP contribution in [0.1, 0.15) is 18.1 Å². The predicted octanol–water partition coefficient (Wildman–Crippen LogP) is 2.72. The molecule has 0 radical (unpaired) electrons. The maximum atomic E-state index is 5.63. The van der Waals surface area contributed by atoms with E-state index in [4.69, 9.17) is 14.2 Å². The van der Waals surface area contributed by atoms with Crippen molar-refractivity contribution in [2.45, 2.75) is 12.5 Å². The molecule has 3 heteroatoms. The van der Waals surface area contributed by atoms with Gasteiger partial charge in [0.05, 0.1) is 20.8 Å². The predicted molar refractivity (Wildman–Crippen MR) is 62.0 cm³/mol. The topological polar surface area (TPSA) is 27.7 Å². The van der Waals surface area contributed by atoms with E-state index in [1.807, 2.05) is 18.2 Å². The average molecular weight is 220 g/mol. The second kappa shape index (κ2) is 4.58. The molecule has 3 nitrogen and oxygen atoms in total. The van der Waals surface area contributed by atoms with E-state index >= 15 is 0 Å². The largest absolute Gasteiger partial charge is 0.493 e. The molecule has 86 valence electrons. The zero-order valence-corrected chi connectivity index (χ0v) is 9.66. The van der Waals surface area contributed by atoms with Gasteiger partial charge in [0.1, 0.15) is 6.10 Å². The highest BCUT2D eigenvalue weighted by Crippen LogP contribution is 2.37. The Morgan fingerprint density at radius 2 is 2.00 bits per heavy atom. The Balaban J connectivity index is 2.32. The van der Waals surface area contributed by atoms with Crippen LogP contribution < -0.4 is 9.47 Å². The Morgan fingerprint density at radius 3 is 2.56 bits per heavy atom. The molecule has 0 bridgehead atoms. The third-order valence-corrected chi connectivity index (χ3v) is 2.79. The van der Waals surface area contributed by atoms with Gasteiger partial charge in [-0.05, 0) is 29.7 Å². The van der Waals surface area contributed by atoms with E-state index in [0.29, 0.717) is 0 Å². The van der Waals surface area contributed by atoms with Crippen molar-refractivity contribution in [3.05, 3.63) is 35.9 Å². The first-order chi connectivity index (χ1) is 7.76. The number of rotatable bonds is 3. The van der Waals surface area contributed by atoms with Gasteiger partial charge in [0.15, 0.2) is 11.5 Å². The molecule has 1 aliphatic rings. The van der Waals surface area contributed by atoms with E-state index in [1.165, 1.54) is 0 Å². The smallest absolute Gasteiger partial charge is 0.161 e. The minimum atomic E-state index is -0.000180. The van der Waals surface area contributed by atoms with Crippen LogP contribution in [0.2, 0.25) is 0 Å². The summed E-state index contributed by atoms with van der Waals surface area (Å²) in [7, 11) is 3.26. The van der Waals surface area contributed by atoms with Gasteiger partial charge < -0.3 is 14.2 Å². The van der Waals surface area contributed by atoms with Crippen LogP contribution in [0.3, 0.4) is 0 Å². The molecule has 1 atom stereocenters. The lowest BCUT2D eigenvalue weighted by molar-refractivity contribution is 0.125. The highest BCUT2D eigenvalue weighted by atomic mass is 16.5. The third kappa shape index (κ3) is 1.91. The van der Waals surface area contributed by atoms with E-state index in [-0.39, 0.29) is 6.10 Å². The molecular weight excluding hydrogens is 204 g/mol. The lowest BCUT2D eigenvalue weighted by Crippen LogP contribution is -1.99. The third-order valence-electron chi connectivity index (χ3n) is 2.79. The summed E-state index contributed by atoms with van der Waals surface area (Å²) >= 11 is 0. The minimum Gasteiger partial charge on any atom is -0.493 e. The van der Waals surface area contributed by atoms with Crippen molar-refractivity contribution < 1.29 is 14.2 Å². The molecular formula is C13H16O3. The quantitative estimate of drug-likeness (QED) is 0.733. The number of ether oxygens (including phenoxy) is 3. The Kier molecular flexibility index (Phi) is 3.15. The molecule has 1 unspecified atom stereocenters. The van der Waals surface area contributed by atoms with E-state index in [9.17, 15) is 0 Å². The summed E-state index contributed by atoms with van der Waals surface area (Å²) in [5, 5.41) is 0. The van der Waals surface area contributed by atoms with Gasteiger partial charge in [-0.3, -0.25) is 0 Å². The molecule has 1 aromatic rings. The molecule has 0 spiro atoms. The van der Waals surface area contributed by atoms with Crippen LogP contribution in [0.25, 0.3) is 0 Å². The van der Waals surface area contributed by atoms with Gasteiger partial charge in [-0.2, -0.15) is 0 Å². The molecule has 0 N–H and O–H groups in total. The number of hydrogen-bond donors (Lipinski definition) is 0. The molecule has 0 aromatic heterocycles. The maximum Gasteiger partial charge on any atom is 0.161 e. The Bertz CT molecular complexity index is 398. The maximum absolute atomic E-state index is 5.63. The summed E-state index contributed by atoms with van der Waals surface area (Å²) in [6, 6.07) is 5.83. The summed E-state index contributed by atoms with van der Waals surface area (Å²) < 4.78 is 16.1. The molecule has 1 saturated heterocycles. The van der Waals surface area contributed by atoms with Crippen LogP contribution in [0.15, 0.2) is 30.4 Å². The van der Waals surface area contributed by atoms with Crippen molar-refractivity contribution in [3.63, 3.8) is 0 Å². The standard InChI is InChI=1S/C13H16O3/c1-9-6-7-16-13(9)10-4-5-11(14-2)12(8-10)15-3/h4-5,8,13H,1,6-7H2,2-3H3. The fourth-order valence-corrected chi connectivity index (χ4v) is 1.90. The van der Waals surface area contributed by atoms with Gasteiger partial charge in [-0.15, -0.1) is 0 Å². The first-order valence-electron chi connectivity index (χ1n) is 5.27. The Morgan fingerprint density at radius 1 is 1.25 bits per heavy atom. The summed E-state index contributed by atoms with van der Waals surface area (Å²) in [6.07, 6.45) is 0.929. The molecule has 0 saturated carbocycles. The molecule has 1 heterocycles. The van der Waals surface area contributed by atoms with E-state index < -0.39 is 0 Å². The Hall–Kier alpha value is -1.48. The summed E-state index contributed by atoms with van der Waals surface area (Å²) in [4.78, 5) is 0. The SMILES string of the molecule is C=C1CCOC1c1ccc(OC)c(OC)c1. The average Bonchev–Trinajstić information content (AvgIpc) is 2.74. The lowest BCUT2D eigenvalue weighted by Gasteiger charge is -2.14. The second-order valence-electron chi connectivity index (χ2n) is 3.77. The number of hydrogen-bond acceptors (Lipinski definition) is 3. The molecule has 0 amide bonds. The zero-order valence-electron chi connectivity index (χ0n) is 9.66. The van der Waals surface area contributed by atoms with E-state index in [0.717, 1.165) is 35.7 Å². The van der Waals surface area contributed by atoms with Gasteiger partial charge >= 0.3 is 0 Å². The fourth-order valence-electron chi connectivity index (χ4n) is 1.90. The summed E-state index contributed by atoms with van der Waals surface area (Å²) in [5.41, 5.74) is 2.19.